The Morgan fingerprint density at radius 3 is 2.43 bits per heavy atom. The van der Waals surface area contributed by atoms with Gasteiger partial charge in [0.1, 0.15) is 35.1 Å². The first-order valence-corrected chi connectivity index (χ1v) is 22.8. The van der Waals surface area contributed by atoms with Crippen molar-refractivity contribution in [2.45, 2.75) is 118 Å². The molecule has 0 bridgehead atoms. The van der Waals surface area contributed by atoms with Crippen molar-refractivity contribution in [1.29, 1.82) is 0 Å². The number of nitrogens with one attached hydrogen (secondary N) is 3. The highest BCUT2D eigenvalue weighted by Gasteiger charge is 2.62. The van der Waals surface area contributed by atoms with Crippen LogP contribution in [0.1, 0.15) is 89.5 Å². The van der Waals surface area contributed by atoms with E-state index in [0.717, 1.165) is 60.6 Å². The van der Waals surface area contributed by atoms with Crippen molar-refractivity contribution in [3.8, 4) is 22.5 Å². The maximum atomic E-state index is 14.8. The normalized spacial score (nSPS) is 26.9. The molecule has 0 spiro atoms. The van der Waals surface area contributed by atoms with Crippen molar-refractivity contribution >= 4 is 44.7 Å². The first-order chi connectivity index (χ1) is 29.1. The molecule has 0 radical (unpaired) electrons. The predicted molar refractivity (Wildman–Crippen MR) is 222 cm³/mol. The number of hydrogen-bond donors (Lipinski definition) is 3. The third-order valence-electron chi connectivity index (χ3n) is 12.6. The van der Waals surface area contributed by atoms with Gasteiger partial charge in [0.25, 0.3) is 5.91 Å². The van der Waals surface area contributed by atoms with Crippen molar-refractivity contribution in [2.75, 3.05) is 6.54 Å². The van der Waals surface area contributed by atoms with Crippen LogP contribution in [0, 0.1) is 5.92 Å². The van der Waals surface area contributed by atoms with Gasteiger partial charge >= 0.3 is 6.09 Å². The lowest BCUT2D eigenvalue weighted by Crippen LogP contribution is -2.58. The summed E-state index contributed by atoms with van der Waals surface area (Å²) in [5, 5.41) is 16.2. The van der Waals surface area contributed by atoms with Gasteiger partial charge in [0.15, 0.2) is 0 Å². The number of rotatable bonds is 8. The Bertz CT molecular complexity index is 2420. The molecule has 3 saturated carbocycles. The fraction of sp³-hybridized carbons (Fsp3) is 0.477. The molecule has 4 heterocycles. The Hall–Kier alpha value is -5.64. The summed E-state index contributed by atoms with van der Waals surface area (Å²) in [6.45, 7) is 0.0293. The van der Waals surface area contributed by atoms with E-state index in [0.29, 0.717) is 43.5 Å². The second-order valence-electron chi connectivity index (χ2n) is 16.9. The number of hydrogen-bond acceptors (Lipinski definition) is 10. The number of aromatic nitrogens is 4. The Balaban J connectivity index is 1.07. The number of allylic oxidation sites excluding steroid dienone is 1. The molecule has 16 heteroatoms. The molecule has 4 fully saturated rings. The number of carbonyl (C=O) groups excluding carboxylic acids is 4. The first kappa shape index (κ1) is 39.8. The van der Waals surface area contributed by atoms with Crippen molar-refractivity contribution in [2.24, 2.45) is 5.92 Å². The fourth-order valence-electron chi connectivity index (χ4n) is 9.03. The lowest BCUT2D eigenvalue weighted by molar-refractivity contribution is -0.141. The van der Waals surface area contributed by atoms with E-state index in [4.69, 9.17) is 14.9 Å². The minimum atomic E-state index is -3.91. The molecule has 3 aliphatic carbocycles. The summed E-state index contributed by atoms with van der Waals surface area (Å²) < 4.78 is 33.9. The minimum Gasteiger partial charge on any atom is -0.446 e. The van der Waals surface area contributed by atoms with Crippen LogP contribution in [0.3, 0.4) is 0 Å². The van der Waals surface area contributed by atoms with Crippen LogP contribution in [0.25, 0.3) is 33.4 Å². The minimum absolute atomic E-state index is 0.0293. The summed E-state index contributed by atoms with van der Waals surface area (Å²) in [5.41, 5.74) is 2.01. The zero-order valence-corrected chi connectivity index (χ0v) is 34.2. The number of sulfonamides is 1. The second-order valence-corrected chi connectivity index (χ2v) is 18.8. The van der Waals surface area contributed by atoms with Crippen molar-refractivity contribution in [1.82, 2.24) is 40.2 Å². The molecule has 5 atom stereocenters. The van der Waals surface area contributed by atoms with E-state index < -0.39 is 68.7 Å². The van der Waals surface area contributed by atoms with E-state index in [1.807, 2.05) is 72.8 Å². The number of alkyl carbamates (subject to hydrolysis) is 1. The van der Waals surface area contributed by atoms with Gasteiger partial charge in [-0.1, -0.05) is 79.6 Å². The average Bonchev–Trinajstić information content (AvgIpc) is 4.02. The molecule has 0 unspecified atom stereocenters. The quantitative estimate of drug-likeness (QED) is 0.195. The van der Waals surface area contributed by atoms with E-state index in [1.54, 1.807) is 11.0 Å². The summed E-state index contributed by atoms with van der Waals surface area (Å²) >= 11 is 0. The van der Waals surface area contributed by atoms with Crippen LogP contribution in [0.2, 0.25) is 0 Å². The van der Waals surface area contributed by atoms with Gasteiger partial charge in [-0.15, -0.1) is 0 Å². The van der Waals surface area contributed by atoms with Gasteiger partial charge in [0.05, 0.1) is 16.8 Å². The van der Waals surface area contributed by atoms with Crippen molar-refractivity contribution in [3.63, 3.8) is 0 Å². The molecular weight excluding hydrogens is 785 g/mol. The third-order valence-corrected chi connectivity index (χ3v) is 14.4. The zero-order chi connectivity index (χ0) is 41.4. The smallest absolute Gasteiger partial charge is 0.408 e. The standard InChI is InChI=1S/C44H50N8O7S/c53-40-36-25-31(52-48-38(29-13-5-4-6-14-29)39(49-52)34-20-11-15-28-16-12-24-45-37(28)34)27-51(36)41(54)35(46-43(56)59-32-18-9-10-19-32)21-8-3-1-2-7-17-30-26-44(30,47-40)42(55)50-60(57,58)33-22-23-33/h4-7,11-17,20,24,30-33,35-36H,1-3,8-10,18-19,21-23,25-27H2,(H,46,56)(H,47,53)(H,50,55)/b17-7-/t30-,31-,35+,36+,44-/m1/s1. The molecule has 2 aliphatic heterocycles. The maximum Gasteiger partial charge on any atom is 0.408 e. The fourth-order valence-corrected chi connectivity index (χ4v) is 10.4. The number of nitrogens with zero attached hydrogens (tertiary/aromatic N) is 5. The molecular formula is C44H50N8O7S. The summed E-state index contributed by atoms with van der Waals surface area (Å²) in [6.07, 6.45) is 12.7. The topological polar surface area (TPSA) is 195 Å². The number of amides is 4. The molecule has 15 nitrogen and oxygen atoms in total. The largest absolute Gasteiger partial charge is 0.446 e. The lowest BCUT2D eigenvalue weighted by Gasteiger charge is -2.30. The molecule has 1 saturated heterocycles. The molecule has 314 valence electrons. The summed E-state index contributed by atoms with van der Waals surface area (Å²) in [6, 6.07) is 16.7. The van der Waals surface area contributed by atoms with Crippen LogP contribution in [-0.2, 0) is 29.1 Å². The van der Waals surface area contributed by atoms with Gasteiger partial charge < -0.3 is 20.3 Å². The van der Waals surface area contributed by atoms with E-state index >= 15 is 0 Å². The number of fused-ring (bicyclic) bond motifs is 3. The van der Waals surface area contributed by atoms with E-state index in [-0.39, 0.29) is 25.5 Å². The van der Waals surface area contributed by atoms with Gasteiger partial charge in [-0.05, 0) is 70.3 Å². The average molecular weight is 835 g/mol. The highest BCUT2D eigenvalue weighted by atomic mass is 32.2. The van der Waals surface area contributed by atoms with Crippen LogP contribution in [0.5, 0.6) is 0 Å². The number of pyridine rings is 1. The van der Waals surface area contributed by atoms with Crippen molar-refractivity contribution in [3.05, 3.63) is 79.0 Å². The number of para-hydroxylation sites is 1. The Kier molecular flexibility index (Phi) is 10.9. The molecule has 3 N–H and O–H groups in total. The van der Waals surface area contributed by atoms with E-state index in [9.17, 15) is 27.6 Å². The van der Waals surface area contributed by atoms with Crippen LogP contribution < -0.4 is 15.4 Å². The van der Waals surface area contributed by atoms with Crippen LogP contribution in [-0.4, -0.2) is 92.6 Å². The molecule has 2 aromatic heterocycles. The Labute approximate surface area is 348 Å². The maximum absolute atomic E-state index is 14.8. The Morgan fingerprint density at radius 2 is 1.63 bits per heavy atom. The molecule has 5 aliphatic rings. The van der Waals surface area contributed by atoms with Crippen LogP contribution in [0.4, 0.5) is 4.79 Å². The summed E-state index contributed by atoms with van der Waals surface area (Å²) in [4.78, 5) is 64.5. The third kappa shape index (κ3) is 8.13. The predicted octanol–water partition coefficient (Wildman–Crippen LogP) is 5.34. The molecule has 9 rings (SSSR count). The number of benzene rings is 2. The number of ether oxygens (including phenoxy) is 1. The monoisotopic (exact) mass is 834 g/mol. The SMILES string of the molecule is O=C(N[C@H]1CCCCC/C=C\[C@@H]2C[C@@]2(C(=O)NS(=O)(=O)C2CC2)NC(=O)[C@@H]2C[C@@H](n3nc(-c4ccccc4)c(-c4cccc5cccnc45)n3)CN2C1=O)OC1CCCC1. The van der Waals surface area contributed by atoms with Crippen LogP contribution >= 0.6 is 0 Å². The van der Waals surface area contributed by atoms with E-state index in [1.165, 1.54) is 4.90 Å². The van der Waals surface area contributed by atoms with Crippen LogP contribution in [0.15, 0.2) is 79.0 Å². The number of carbonyl (C=O) groups is 4. The highest BCUT2D eigenvalue weighted by molar-refractivity contribution is 7.91. The van der Waals surface area contributed by atoms with Gasteiger partial charge in [0, 0.05) is 41.6 Å². The molecule has 2 aromatic carbocycles. The van der Waals surface area contributed by atoms with Gasteiger partial charge in [-0.3, -0.25) is 24.1 Å². The highest BCUT2D eigenvalue weighted by Crippen LogP contribution is 2.46. The molecule has 60 heavy (non-hydrogen) atoms. The van der Waals surface area contributed by atoms with Gasteiger partial charge in [-0.2, -0.15) is 15.0 Å². The molecule has 4 amide bonds. The molecule has 4 aromatic rings. The zero-order valence-electron chi connectivity index (χ0n) is 33.4. The van der Waals surface area contributed by atoms with Gasteiger partial charge in [-0.25, -0.2) is 13.2 Å². The van der Waals surface area contributed by atoms with Gasteiger partial charge in [0.2, 0.25) is 21.8 Å². The summed E-state index contributed by atoms with van der Waals surface area (Å²) in [7, 11) is -3.91. The van der Waals surface area contributed by atoms with E-state index in [2.05, 4.69) is 20.3 Å². The Morgan fingerprint density at radius 1 is 0.867 bits per heavy atom. The van der Waals surface area contributed by atoms with Crippen molar-refractivity contribution < 1.29 is 32.3 Å². The lowest BCUT2D eigenvalue weighted by atomic mass is 10.0. The first-order valence-electron chi connectivity index (χ1n) is 21.3. The second kappa shape index (κ2) is 16.4. The summed E-state index contributed by atoms with van der Waals surface area (Å²) in [5.74, 6) is -2.26.